The van der Waals surface area contributed by atoms with Crippen LogP contribution >= 0.6 is 11.3 Å². The Balaban J connectivity index is 1.20. The van der Waals surface area contributed by atoms with Crippen LogP contribution in [0.4, 0.5) is 14.3 Å². The van der Waals surface area contributed by atoms with E-state index in [1.54, 1.807) is 38.1 Å². The molecule has 14 heteroatoms. The van der Waals surface area contributed by atoms with Crippen LogP contribution in [0.3, 0.4) is 0 Å². The van der Waals surface area contributed by atoms with Gasteiger partial charge in [-0.3, -0.25) is 19.7 Å². The van der Waals surface area contributed by atoms with Crippen LogP contribution in [-0.2, 0) is 29.1 Å². The Bertz CT molecular complexity index is 1960. The highest BCUT2D eigenvalue weighted by Gasteiger charge is 2.52. The number of aromatic amines is 1. The maximum atomic E-state index is 14.3. The van der Waals surface area contributed by atoms with Crippen LogP contribution in [0.2, 0.25) is 0 Å². The molecule has 7 rings (SSSR count). The Morgan fingerprint density at radius 2 is 1.96 bits per heavy atom. The summed E-state index contributed by atoms with van der Waals surface area (Å²) in [4.78, 5) is 49.7. The molecule has 2 aliphatic heterocycles. The lowest BCUT2D eigenvalue weighted by molar-refractivity contribution is -0.157. The molecule has 3 aromatic carbocycles. The maximum absolute atomic E-state index is 14.3. The van der Waals surface area contributed by atoms with Crippen LogP contribution in [0, 0.1) is 5.82 Å². The summed E-state index contributed by atoms with van der Waals surface area (Å²) in [6, 6.07) is 16.4. The molecule has 4 amide bonds. The standard InChI is InChI=1S/C33H34FN9O3S/c1-2-12-41(33(46)36-15-20-6-9-24(34)10-7-20)42-19-29(44)43-26(14-21-8-11-25-23(13-21)16-37-39-25)31(45)40(18-28(42)43)17-22-4-3-5-27-30(22)38-32(35)47-27/h3-11,13,16,26,28H,2,12,14-15,17-19H2,1H3,(H2,35,38)(H,36,46)(H,37,39)/t26?,28-/m1/s1. The van der Waals surface area contributed by atoms with Crippen LogP contribution in [-0.4, -0.2) is 84.7 Å². The Morgan fingerprint density at radius 1 is 1.15 bits per heavy atom. The van der Waals surface area contributed by atoms with Crippen molar-refractivity contribution < 1.29 is 18.8 Å². The number of nitrogens with one attached hydrogen (secondary N) is 2. The molecule has 0 radical (unpaired) electrons. The van der Waals surface area contributed by atoms with E-state index in [0.717, 1.165) is 37.8 Å². The van der Waals surface area contributed by atoms with E-state index in [1.807, 2.05) is 43.3 Å². The molecule has 242 valence electrons. The normalized spacial score (nSPS) is 18.3. The number of nitrogens with two attached hydrogens (primary N) is 1. The number of nitrogen functional groups attached to an aromatic ring is 1. The molecule has 0 aliphatic carbocycles. The molecule has 4 heterocycles. The number of piperazine rings is 1. The minimum atomic E-state index is -0.791. The highest BCUT2D eigenvalue weighted by atomic mass is 32.1. The summed E-state index contributed by atoms with van der Waals surface area (Å²) < 4.78 is 14.4. The van der Waals surface area contributed by atoms with Gasteiger partial charge in [0.15, 0.2) is 5.13 Å². The number of thiazole rings is 1. The van der Waals surface area contributed by atoms with E-state index in [9.17, 15) is 18.8 Å². The molecular weight excluding hydrogens is 621 g/mol. The van der Waals surface area contributed by atoms with Crippen molar-refractivity contribution in [2.24, 2.45) is 0 Å². The molecule has 2 aromatic heterocycles. The number of para-hydroxylation sites is 1. The molecule has 0 bridgehead atoms. The Labute approximate surface area is 273 Å². The van der Waals surface area contributed by atoms with Crippen LogP contribution in [0.25, 0.3) is 21.1 Å². The lowest BCUT2D eigenvalue weighted by Crippen LogP contribution is -2.66. The Kier molecular flexibility index (Phi) is 8.20. The number of halogens is 1. The van der Waals surface area contributed by atoms with Crippen LogP contribution in [0.15, 0.2) is 66.9 Å². The van der Waals surface area contributed by atoms with Gasteiger partial charge in [-0.1, -0.05) is 48.6 Å². The molecular formula is C33H34FN9O3S. The van der Waals surface area contributed by atoms with E-state index < -0.39 is 12.2 Å². The van der Waals surface area contributed by atoms with Crippen molar-refractivity contribution in [1.82, 2.24) is 40.3 Å². The molecule has 2 fully saturated rings. The fourth-order valence-electron chi connectivity index (χ4n) is 6.52. The van der Waals surface area contributed by atoms with Gasteiger partial charge in [-0.25, -0.2) is 14.2 Å². The number of rotatable bonds is 9. The third kappa shape index (κ3) is 5.97. The van der Waals surface area contributed by atoms with Crippen molar-refractivity contribution in [3.05, 3.63) is 89.4 Å². The number of hydrogen-bond acceptors (Lipinski definition) is 8. The smallest absolute Gasteiger partial charge is 0.332 e. The summed E-state index contributed by atoms with van der Waals surface area (Å²) in [6.07, 6.45) is 2.09. The summed E-state index contributed by atoms with van der Waals surface area (Å²) in [7, 11) is 0. The largest absolute Gasteiger partial charge is 0.375 e. The first-order chi connectivity index (χ1) is 22.8. The summed E-state index contributed by atoms with van der Waals surface area (Å²) in [6.45, 7) is 2.93. The number of benzene rings is 3. The first kappa shape index (κ1) is 30.6. The highest BCUT2D eigenvalue weighted by Crippen LogP contribution is 2.33. The molecule has 0 spiro atoms. The van der Waals surface area contributed by atoms with Crippen molar-refractivity contribution >= 4 is 55.4 Å². The van der Waals surface area contributed by atoms with Crippen molar-refractivity contribution in [3.8, 4) is 0 Å². The number of anilines is 1. The van der Waals surface area contributed by atoms with Gasteiger partial charge in [0.05, 0.1) is 35.0 Å². The first-order valence-electron chi connectivity index (χ1n) is 15.5. The molecule has 2 saturated heterocycles. The number of urea groups is 1. The van der Waals surface area contributed by atoms with Gasteiger partial charge in [0.2, 0.25) is 11.8 Å². The quantitative estimate of drug-likeness (QED) is 0.219. The van der Waals surface area contributed by atoms with Gasteiger partial charge in [-0.15, -0.1) is 0 Å². The second-order valence-electron chi connectivity index (χ2n) is 11.8. The molecule has 1 unspecified atom stereocenters. The second kappa shape index (κ2) is 12.6. The lowest BCUT2D eigenvalue weighted by Gasteiger charge is -2.46. The number of hydrogen-bond donors (Lipinski definition) is 3. The molecule has 2 atom stereocenters. The number of nitrogens with zero attached hydrogens (tertiary/aromatic N) is 6. The zero-order chi connectivity index (χ0) is 32.7. The summed E-state index contributed by atoms with van der Waals surface area (Å²) in [5, 5.41) is 14.7. The monoisotopic (exact) mass is 655 g/mol. The lowest BCUT2D eigenvalue weighted by atomic mass is 9.99. The fraction of sp³-hybridized carbons (Fsp3) is 0.303. The number of aromatic nitrogens is 3. The molecule has 47 heavy (non-hydrogen) atoms. The van der Waals surface area contributed by atoms with Crippen molar-refractivity contribution in [2.45, 2.75) is 45.1 Å². The van der Waals surface area contributed by atoms with E-state index >= 15 is 0 Å². The van der Waals surface area contributed by atoms with Crippen molar-refractivity contribution in [1.29, 1.82) is 0 Å². The Hall–Kier alpha value is -5.08. The summed E-state index contributed by atoms with van der Waals surface area (Å²) in [5.74, 6) is -0.751. The number of carbonyl (C=O) groups excluding carboxylic acids is 3. The predicted molar refractivity (Wildman–Crippen MR) is 176 cm³/mol. The molecule has 0 saturated carbocycles. The molecule has 5 aromatic rings. The minimum absolute atomic E-state index is 0.0504. The predicted octanol–water partition coefficient (Wildman–Crippen LogP) is 3.85. The highest BCUT2D eigenvalue weighted by molar-refractivity contribution is 7.22. The number of H-pyrrole nitrogens is 1. The third-order valence-corrected chi connectivity index (χ3v) is 9.57. The maximum Gasteiger partial charge on any atom is 0.332 e. The topological polar surface area (TPSA) is 144 Å². The molecule has 12 nitrogen and oxygen atoms in total. The van der Waals surface area contributed by atoms with Crippen LogP contribution in [0.5, 0.6) is 0 Å². The van der Waals surface area contributed by atoms with E-state index in [2.05, 4.69) is 20.5 Å². The zero-order valence-corrected chi connectivity index (χ0v) is 26.5. The van der Waals surface area contributed by atoms with Crippen molar-refractivity contribution in [2.75, 3.05) is 25.4 Å². The van der Waals surface area contributed by atoms with Gasteiger partial charge in [-0.05, 0) is 53.4 Å². The van der Waals surface area contributed by atoms with Crippen molar-refractivity contribution in [3.63, 3.8) is 0 Å². The Morgan fingerprint density at radius 3 is 2.77 bits per heavy atom. The van der Waals surface area contributed by atoms with E-state index in [1.165, 1.54) is 23.5 Å². The minimum Gasteiger partial charge on any atom is -0.375 e. The van der Waals surface area contributed by atoms with Gasteiger partial charge in [0.1, 0.15) is 18.0 Å². The van der Waals surface area contributed by atoms with Crippen LogP contribution < -0.4 is 11.1 Å². The first-order valence-corrected chi connectivity index (χ1v) is 16.3. The average Bonchev–Trinajstić information content (AvgIpc) is 3.77. The van der Waals surface area contributed by atoms with Crippen LogP contribution in [0.1, 0.15) is 30.0 Å². The van der Waals surface area contributed by atoms with Gasteiger partial charge in [-0.2, -0.15) is 10.1 Å². The third-order valence-electron chi connectivity index (χ3n) is 8.72. The number of carbonyl (C=O) groups is 3. The SMILES string of the molecule is CCCN(C(=O)NCc1ccc(F)cc1)N1CC(=O)N2C(Cc3ccc4[nH]ncc4c3)C(=O)N(Cc3cccc4sc(N)nc34)C[C@@H]21. The number of hydrazine groups is 1. The number of fused-ring (bicyclic) bond motifs is 3. The fourth-order valence-corrected chi connectivity index (χ4v) is 7.30. The molecule has 2 aliphatic rings. The van der Waals surface area contributed by atoms with E-state index in [-0.39, 0.29) is 49.8 Å². The summed E-state index contributed by atoms with van der Waals surface area (Å²) >= 11 is 1.39. The molecule has 4 N–H and O–H groups in total. The van der Waals surface area contributed by atoms with Gasteiger partial charge < -0.3 is 20.9 Å². The second-order valence-corrected chi connectivity index (χ2v) is 12.9. The van der Waals surface area contributed by atoms with Gasteiger partial charge in [0.25, 0.3) is 0 Å². The average molecular weight is 656 g/mol. The van der Waals surface area contributed by atoms with E-state index in [0.29, 0.717) is 24.5 Å². The van der Waals surface area contributed by atoms with E-state index in [4.69, 9.17) is 5.73 Å². The van der Waals surface area contributed by atoms with Gasteiger partial charge >= 0.3 is 6.03 Å². The number of amides is 4. The van der Waals surface area contributed by atoms with Gasteiger partial charge in [0, 0.05) is 31.4 Å². The summed E-state index contributed by atoms with van der Waals surface area (Å²) in [5.41, 5.74) is 10.2. The zero-order valence-electron chi connectivity index (χ0n) is 25.7.